The van der Waals surface area contributed by atoms with E-state index in [1.54, 1.807) is 19.2 Å². The summed E-state index contributed by atoms with van der Waals surface area (Å²) in [6.45, 7) is 3.74. The lowest BCUT2D eigenvalue weighted by molar-refractivity contribution is -0.134. The van der Waals surface area contributed by atoms with Crippen LogP contribution in [0.3, 0.4) is 0 Å². The molecule has 6 nitrogen and oxygen atoms in total. The highest BCUT2D eigenvalue weighted by Gasteiger charge is 2.20. The maximum Gasteiger partial charge on any atom is 0.336 e. The predicted octanol–water partition coefficient (Wildman–Crippen LogP) is 4.11. The second-order valence-corrected chi connectivity index (χ2v) is 7.72. The van der Waals surface area contributed by atoms with Crippen molar-refractivity contribution in [3.8, 4) is 22.6 Å². The van der Waals surface area contributed by atoms with Gasteiger partial charge in [-0.25, -0.2) is 4.79 Å². The summed E-state index contributed by atoms with van der Waals surface area (Å²) in [5, 5.41) is 0.795. The molecule has 1 aromatic heterocycles. The Morgan fingerprint density at radius 3 is 2.47 bits per heavy atom. The molecule has 0 unspecified atom stereocenters. The summed E-state index contributed by atoms with van der Waals surface area (Å²) < 4.78 is 16.3. The molecular weight excluding hydrogens is 382 g/mol. The maximum absolute atomic E-state index is 12.4. The molecule has 1 fully saturated rings. The van der Waals surface area contributed by atoms with E-state index in [1.165, 1.54) is 6.07 Å². The van der Waals surface area contributed by atoms with Crippen LogP contribution in [-0.4, -0.2) is 37.6 Å². The van der Waals surface area contributed by atoms with Crippen molar-refractivity contribution in [1.29, 1.82) is 0 Å². The first-order chi connectivity index (χ1) is 14.5. The Hall–Kier alpha value is -3.28. The minimum absolute atomic E-state index is 0.0181. The van der Waals surface area contributed by atoms with E-state index in [4.69, 9.17) is 13.9 Å². The molecule has 0 N–H and O–H groups in total. The van der Waals surface area contributed by atoms with E-state index >= 15 is 0 Å². The van der Waals surface area contributed by atoms with Gasteiger partial charge in [0.15, 0.2) is 6.61 Å². The van der Waals surface area contributed by atoms with Gasteiger partial charge in [-0.1, -0.05) is 19.1 Å². The standard InChI is InChI=1S/C24H25NO5/c1-16-9-11-25(12-10-16)23(26)15-29-19-7-8-20-21(14-24(27)30-22(20)13-19)17-3-5-18(28-2)6-4-17/h3-8,13-14,16H,9-12,15H2,1-2H3. The fraction of sp³-hybridized carbons (Fsp3) is 0.333. The lowest BCUT2D eigenvalue weighted by Gasteiger charge is -2.30. The molecule has 0 bridgehead atoms. The molecule has 0 spiro atoms. The van der Waals surface area contributed by atoms with Gasteiger partial charge in [0.2, 0.25) is 0 Å². The summed E-state index contributed by atoms with van der Waals surface area (Å²) in [5.41, 5.74) is 1.64. The number of benzene rings is 2. The van der Waals surface area contributed by atoms with Gasteiger partial charge in [0, 0.05) is 30.6 Å². The lowest BCUT2D eigenvalue weighted by Crippen LogP contribution is -2.40. The summed E-state index contributed by atoms with van der Waals surface area (Å²) in [6, 6.07) is 14.3. The number of piperidine rings is 1. The highest BCUT2D eigenvalue weighted by molar-refractivity contribution is 5.93. The number of carbonyl (C=O) groups is 1. The van der Waals surface area contributed by atoms with Crippen molar-refractivity contribution in [3.05, 3.63) is 59.0 Å². The molecule has 156 valence electrons. The van der Waals surface area contributed by atoms with Gasteiger partial charge in [-0.2, -0.15) is 0 Å². The third-order valence-corrected chi connectivity index (χ3v) is 5.62. The Balaban J connectivity index is 1.54. The van der Waals surface area contributed by atoms with Crippen molar-refractivity contribution >= 4 is 16.9 Å². The van der Waals surface area contributed by atoms with E-state index in [1.807, 2.05) is 35.2 Å². The molecular formula is C24H25NO5. The van der Waals surface area contributed by atoms with Crippen LogP contribution < -0.4 is 15.1 Å². The van der Waals surface area contributed by atoms with Crippen molar-refractivity contribution < 1.29 is 18.7 Å². The quantitative estimate of drug-likeness (QED) is 0.596. The molecule has 4 rings (SSSR count). The molecule has 1 aliphatic heterocycles. The predicted molar refractivity (Wildman–Crippen MR) is 115 cm³/mol. The van der Waals surface area contributed by atoms with Crippen molar-refractivity contribution in [2.24, 2.45) is 5.92 Å². The van der Waals surface area contributed by atoms with Crippen molar-refractivity contribution in [3.63, 3.8) is 0 Å². The second-order valence-electron chi connectivity index (χ2n) is 7.72. The number of rotatable bonds is 5. The van der Waals surface area contributed by atoms with E-state index in [2.05, 4.69) is 6.92 Å². The van der Waals surface area contributed by atoms with Crippen LogP contribution in [0.1, 0.15) is 19.8 Å². The molecule has 0 saturated carbocycles. The number of amides is 1. The zero-order valence-electron chi connectivity index (χ0n) is 17.2. The normalized spacial score (nSPS) is 14.7. The lowest BCUT2D eigenvalue weighted by atomic mass is 9.99. The fourth-order valence-electron chi connectivity index (χ4n) is 3.74. The van der Waals surface area contributed by atoms with Crippen LogP contribution in [0.2, 0.25) is 0 Å². The second kappa shape index (κ2) is 8.61. The Morgan fingerprint density at radius 2 is 1.77 bits per heavy atom. The van der Waals surface area contributed by atoms with E-state index in [0.29, 0.717) is 17.3 Å². The van der Waals surface area contributed by atoms with Gasteiger partial charge in [0.25, 0.3) is 5.91 Å². The fourth-order valence-corrected chi connectivity index (χ4v) is 3.74. The molecule has 1 saturated heterocycles. The van der Waals surface area contributed by atoms with E-state index in [9.17, 15) is 9.59 Å². The first-order valence-electron chi connectivity index (χ1n) is 10.2. The highest BCUT2D eigenvalue weighted by atomic mass is 16.5. The number of carbonyl (C=O) groups excluding carboxylic acids is 1. The minimum Gasteiger partial charge on any atom is -0.497 e. The number of methoxy groups -OCH3 is 1. The van der Waals surface area contributed by atoms with Crippen LogP contribution in [0.5, 0.6) is 11.5 Å². The largest absolute Gasteiger partial charge is 0.497 e. The van der Waals surface area contributed by atoms with Crippen molar-refractivity contribution in [1.82, 2.24) is 4.90 Å². The van der Waals surface area contributed by atoms with Gasteiger partial charge in [0.05, 0.1) is 7.11 Å². The first-order valence-corrected chi connectivity index (χ1v) is 10.2. The molecule has 3 aromatic rings. The smallest absolute Gasteiger partial charge is 0.336 e. The van der Waals surface area contributed by atoms with Crippen molar-refractivity contribution in [2.45, 2.75) is 19.8 Å². The topological polar surface area (TPSA) is 69.0 Å². The van der Waals surface area contributed by atoms with Crippen LogP contribution in [0, 0.1) is 5.92 Å². The molecule has 0 aliphatic carbocycles. The van der Waals surface area contributed by atoms with Gasteiger partial charge in [-0.3, -0.25) is 4.79 Å². The van der Waals surface area contributed by atoms with Gasteiger partial charge in [-0.15, -0.1) is 0 Å². The van der Waals surface area contributed by atoms with Gasteiger partial charge in [-0.05, 0) is 54.2 Å². The van der Waals surface area contributed by atoms with Crippen LogP contribution in [0.15, 0.2) is 57.7 Å². The summed E-state index contributed by atoms with van der Waals surface area (Å²) >= 11 is 0. The van der Waals surface area contributed by atoms with Gasteiger partial charge < -0.3 is 18.8 Å². The summed E-state index contributed by atoms with van der Waals surface area (Å²) in [5.74, 6) is 1.89. The summed E-state index contributed by atoms with van der Waals surface area (Å²) in [7, 11) is 1.61. The Kier molecular flexibility index (Phi) is 5.74. The van der Waals surface area contributed by atoms with Crippen LogP contribution in [0.4, 0.5) is 0 Å². The average molecular weight is 407 g/mol. The minimum atomic E-state index is -0.441. The zero-order valence-corrected chi connectivity index (χ0v) is 17.2. The number of ether oxygens (including phenoxy) is 2. The number of hydrogen-bond acceptors (Lipinski definition) is 5. The number of nitrogens with zero attached hydrogens (tertiary/aromatic N) is 1. The number of hydrogen-bond donors (Lipinski definition) is 0. The zero-order chi connectivity index (χ0) is 21.1. The van der Waals surface area contributed by atoms with Crippen LogP contribution in [0.25, 0.3) is 22.1 Å². The number of fused-ring (bicyclic) bond motifs is 1. The van der Waals surface area contributed by atoms with E-state index < -0.39 is 5.63 Å². The molecule has 1 amide bonds. The molecule has 0 atom stereocenters. The van der Waals surface area contributed by atoms with E-state index in [-0.39, 0.29) is 12.5 Å². The maximum atomic E-state index is 12.4. The van der Waals surface area contributed by atoms with Crippen LogP contribution in [-0.2, 0) is 4.79 Å². The third kappa shape index (κ3) is 4.32. The Bertz CT molecular complexity index is 1090. The number of likely N-dealkylation sites (tertiary alicyclic amines) is 1. The summed E-state index contributed by atoms with van der Waals surface area (Å²) in [6.07, 6.45) is 2.06. The Labute approximate surface area is 175 Å². The molecule has 0 radical (unpaired) electrons. The Morgan fingerprint density at radius 1 is 1.07 bits per heavy atom. The molecule has 1 aliphatic rings. The van der Waals surface area contributed by atoms with Crippen molar-refractivity contribution in [2.75, 3.05) is 26.8 Å². The summed E-state index contributed by atoms with van der Waals surface area (Å²) in [4.78, 5) is 26.4. The third-order valence-electron chi connectivity index (χ3n) is 5.62. The molecule has 30 heavy (non-hydrogen) atoms. The van der Waals surface area contributed by atoms with Crippen LogP contribution >= 0.6 is 0 Å². The van der Waals surface area contributed by atoms with Gasteiger partial charge >= 0.3 is 5.63 Å². The molecule has 2 heterocycles. The average Bonchev–Trinajstić information content (AvgIpc) is 2.77. The first kappa shape index (κ1) is 20.0. The SMILES string of the molecule is COc1ccc(-c2cc(=O)oc3cc(OCC(=O)N4CCC(C)CC4)ccc23)cc1. The molecule has 6 heteroatoms. The van der Waals surface area contributed by atoms with Gasteiger partial charge in [0.1, 0.15) is 17.1 Å². The molecule has 2 aromatic carbocycles. The van der Waals surface area contributed by atoms with E-state index in [0.717, 1.165) is 48.2 Å². The highest BCUT2D eigenvalue weighted by Crippen LogP contribution is 2.30. The monoisotopic (exact) mass is 407 g/mol.